The van der Waals surface area contributed by atoms with Gasteiger partial charge in [-0.25, -0.2) is 0 Å². The van der Waals surface area contributed by atoms with Crippen LogP contribution in [-0.2, 0) is 11.1 Å². The second kappa shape index (κ2) is 12.6. The van der Waals surface area contributed by atoms with E-state index in [1.807, 2.05) is 6.92 Å². The van der Waals surface area contributed by atoms with Gasteiger partial charge in [0.1, 0.15) is 0 Å². The summed E-state index contributed by atoms with van der Waals surface area (Å²) in [5, 5.41) is -0.0971. The number of unbranched alkanes of at least 4 members (excludes halogenated alkanes) is 7. The molecule has 2 unspecified atom stereocenters. The summed E-state index contributed by atoms with van der Waals surface area (Å²) in [6.45, 7) is 4.28. The van der Waals surface area contributed by atoms with Gasteiger partial charge in [0, 0.05) is 5.25 Å². The highest BCUT2D eigenvalue weighted by molar-refractivity contribution is 7.79. The van der Waals surface area contributed by atoms with Crippen LogP contribution in [0.1, 0.15) is 84.5 Å². The zero-order chi connectivity index (χ0) is 12.9. The van der Waals surface area contributed by atoms with Gasteiger partial charge in [-0.15, -0.1) is 0 Å². The maximum absolute atomic E-state index is 10.9. The van der Waals surface area contributed by atoms with E-state index in [9.17, 15) is 8.76 Å². The molecule has 0 aromatic carbocycles. The van der Waals surface area contributed by atoms with Crippen molar-refractivity contribution < 1.29 is 8.76 Å². The minimum Gasteiger partial charge on any atom is -0.772 e. The van der Waals surface area contributed by atoms with E-state index in [1.165, 1.54) is 44.9 Å². The molecule has 0 heterocycles. The SMILES string of the molecule is CCCCCCCCCCC(CCC)S(=O)[O-]. The lowest BCUT2D eigenvalue weighted by molar-refractivity contribution is 0.493. The normalized spacial score (nSPS) is 14.8. The van der Waals surface area contributed by atoms with Crippen molar-refractivity contribution in [1.29, 1.82) is 0 Å². The van der Waals surface area contributed by atoms with Crippen molar-refractivity contribution >= 4 is 11.1 Å². The molecule has 0 N–H and O–H groups in total. The van der Waals surface area contributed by atoms with Gasteiger partial charge >= 0.3 is 0 Å². The first-order valence-electron chi connectivity index (χ1n) is 7.30. The highest BCUT2D eigenvalue weighted by Crippen LogP contribution is 2.15. The van der Waals surface area contributed by atoms with Crippen molar-refractivity contribution in [3.8, 4) is 0 Å². The third kappa shape index (κ3) is 11.0. The van der Waals surface area contributed by atoms with Crippen molar-refractivity contribution in [2.75, 3.05) is 0 Å². The van der Waals surface area contributed by atoms with Crippen LogP contribution < -0.4 is 0 Å². The summed E-state index contributed by atoms with van der Waals surface area (Å²) in [6.07, 6.45) is 12.9. The molecule has 0 spiro atoms. The Hall–Kier alpha value is 0.110. The summed E-state index contributed by atoms with van der Waals surface area (Å²) in [4.78, 5) is 0. The molecule has 3 heteroatoms. The van der Waals surface area contributed by atoms with Crippen molar-refractivity contribution in [2.45, 2.75) is 89.7 Å². The number of hydrogen-bond donors (Lipinski definition) is 0. The lowest BCUT2D eigenvalue weighted by atomic mass is 10.1. The van der Waals surface area contributed by atoms with Crippen LogP contribution >= 0.6 is 0 Å². The molecule has 0 aromatic rings. The molecular weight excluding hydrogens is 232 g/mol. The van der Waals surface area contributed by atoms with Crippen LogP contribution in [0, 0.1) is 0 Å². The van der Waals surface area contributed by atoms with Crippen LogP contribution in [0.15, 0.2) is 0 Å². The van der Waals surface area contributed by atoms with Gasteiger partial charge in [0.2, 0.25) is 0 Å². The van der Waals surface area contributed by atoms with Gasteiger partial charge in [0.25, 0.3) is 0 Å². The first-order chi connectivity index (χ1) is 8.22. The smallest absolute Gasteiger partial charge is 0.0215 e. The van der Waals surface area contributed by atoms with Crippen LogP contribution in [-0.4, -0.2) is 14.0 Å². The Balaban J connectivity index is 3.33. The highest BCUT2D eigenvalue weighted by Gasteiger charge is 2.07. The van der Waals surface area contributed by atoms with E-state index in [2.05, 4.69) is 6.92 Å². The molecule has 0 aliphatic heterocycles. The molecule has 0 saturated carbocycles. The first kappa shape index (κ1) is 17.1. The van der Waals surface area contributed by atoms with Crippen LogP contribution in [0.2, 0.25) is 0 Å². The fourth-order valence-corrected chi connectivity index (χ4v) is 2.95. The minimum atomic E-state index is -1.86. The lowest BCUT2D eigenvalue weighted by Gasteiger charge is -2.18. The molecule has 0 aliphatic carbocycles. The van der Waals surface area contributed by atoms with Crippen LogP contribution in [0.4, 0.5) is 0 Å². The maximum Gasteiger partial charge on any atom is 0.0215 e. The molecule has 0 rings (SSSR count). The zero-order valence-electron chi connectivity index (χ0n) is 11.6. The van der Waals surface area contributed by atoms with Crippen molar-refractivity contribution in [2.24, 2.45) is 0 Å². The molecule has 0 amide bonds. The Morgan fingerprint density at radius 2 is 1.35 bits per heavy atom. The average Bonchev–Trinajstić information content (AvgIpc) is 2.31. The topological polar surface area (TPSA) is 40.1 Å². The molecule has 0 radical (unpaired) electrons. The van der Waals surface area contributed by atoms with Gasteiger partial charge in [0.15, 0.2) is 0 Å². The summed E-state index contributed by atoms with van der Waals surface area (Å²) in [5.41, 5.74) is 0. The molecule has 0 saturated heterocycles. The maximum atomic E-state index is 10.9. The molecule has 0 aromatic heterocycles. The first-order valence-corrected chi connectivity index (χ1v) is 8.44. The minimum absolute atomic E-state index is 0.0971. The van der Waals surface area contributed by atoms with Gasteiger partial charge in [-0.2, -0.15) is 0 Å². The van der Waals surface area contributed by atoms with E-state index in [4.69, 9.17) is 0 Å². The summed E-state index contributed by atoms with van der Waals surface area (Å²) in [7, 11) is 0. The monoisotopic (exact) mass is 261 g/mol. The molecule has 104 valence electrons. The molecule has 2 atom stereocenters. The Morgan fingerprint density at radius 3 is 1.82 bits per heavy atom. The molecule has 17 heavy (non-hydrogen) atoms. The number of rotatable bonds is 12. The van der Waals surface area contributed by atoms with Gasteiger partial charge in [-0.05, 0) is 12.8 Å². The molecule has 0 fully saturated rings. The van der Waals surface area contributed by atoms with Crippen molar-refractivity contribution in [1.82, 2.24) is 0 Å². The fraction of sp³-hybridized carbons (Fsp3) is 1.00. The summed E-state index contributed by atoms with van der Waals surface area (Å²) in [6, 6.07) is 0. The fourth-order valence-electron chi connectivity index (χ4n) is 2.16. The Bertz CT molecular complexity index is 183. The Kier molecular flexibility index (Phi) is 12.6. The summed E-state index contributed by atoms with van der Waals surface area (Å²) >= 11 is -1.86. The quantitative estimate of drug-likeness (QED) is 0.381. The second-order valence-corrected chi connectivity index (χ2v) is 6.12. The standard InChI is InChI=1S/C14H30O2S/c1-3-5-6-7-8-9-10-11-13-14(12-4-2)17(15)16/h14H,3-13H2,1-2H3,(H,15,16)/p-1. The third-order valence-electron chi connectivity index (χ3n) is 3.26. The third-order valence-corrected chi connectivity index (χ3v) is 4.28. The van der Waals surface area contributed by atoms with Crippen LogP contribution in [0.5, 0.6) is 0 Å². The Morgan fingerprint density at radius 1 is 0.824 bits per heavy atom. The highest BCUT2D eigenvalue weighted by atomic mass is 32.2. The van der Waals surface area contributed by atoms with Crippen molar-refractivity contribution in [3.63, 3.8) is 0 Å². The predicted molar refractivity (Wildman–Crippen MR) is 74.8 cm³/mol. The molecular formula is C14H29O2S-. The Labute approximate surface area is 110 Å². The predicted octanol–water partition coefficient (Wildman–Crippen LogP) is 4.57. The molecule has 2 nitrogen and oxygen atoms in total. The zero-order valence-corrected chi connectivity index (χ0v) is 12.4. The number of hydrogen-bond acceptors (Lipinski definition) is 2. The van der Waals surface area contributed by atoms with Gasteiger partial charge in [-0.3, -0.25) is 4.21 Å². The second-order valence-electron chi connectivity index (χ2n) is 4.93. The van der Waals surface area contributed by atoms with E-state index < -0.39 is 11.1 Å². The average molecular weight is 261 g/mol. The summed E-state index contributed by atoms with van der Waals surface area (Å²) in [5.74, 6) is 0. The lowest BCUT2D eigenvalue weighted by Crippen LogP contribution is -2.14. The van der Waals surface area contributed by atoms with E-state index in [0.29, 0.717) is 0 Å². The van der Waals surface area contributed by atoms with Crippen molar-refractivity contribution in [3.05, 3.63) is 0 Å². The summed E-state index contributed by atoms with van der Waals surface area (Å²) < 4.78 is 21.9. The van der Waals surface area contributed by atoms with Crippen LogP contribution in [0.25, 0.3) is 0 Å². The van der Waals surface area contributed by atoms with E-state index in [1.54, 1.807) is 0 Å². The van der Waals surface area contributed by atoms with Gasteiger partial charge in [-0.1, -0.05) is 82.7 Å². The van der Waals surface area contributed by atoms with Crippen LogP contribution in [0.3, 0.4) is 0 Å². The molecule has 0 bridgehead atoms. The van der Waals surface area contributed by atoms with E-state index in [-0.39, 0.29) is 5.25 Å². The van der Waals surface area contributed by atoms with E-state index in [0.717, 1.165) is 25.7 Å². The van der Waals surface area contributed by atoms with Gasteiger partial charge < -0.3 is 4.55 Å². The molecule has 0 aliphatic rings. The van der Waals surface area contributed by atoms with E-state index >= 15 is 0 Å². The van der Waals surface area contributed by atoms with Gasteiger partial charge in [0.05, 0.1) is 0 Å². The largest absolute Gasteiger partial charge is 0.772 e.